The molecule has 1 amide bonds. The molecule has 2 unspecified atom stereocenters. The van der Waals surface area contributed by atoms with Crippen molar-refractivity contribution in [3.63, 3.8) is 0 Å². The molecule has 0 aromatic heterocycles. The van der Waals surface area contributed by atoms with Crippen LogP contribution in [0.2, 0.25) is 0 Å². The Morgan fingerprint density at radius 1 is 1.37 bits per heavy atom. The van der Waals surface area contributed by atoms with E-state index >= 15 is 0 Å². The summed E-state index contributed by atoms with van der Waals surface area (Å²) in [6.07, 6.45) is 4.51. The van der Waals surface area contributed by atoms with Crippen molar-refractivity contribution in [3.05, 3.63) is 23.8 Å². The minimum Gasteiger partial charge on any atom is -0.497 e. The molecule has 0 radical (unpaired) electrons. The summed E-state index contributed by atoms with van der Waals surface area (Å²) >= 11 is 0. The van der Waals surface area contributed by atoms with Gasteiger partial charge in [0.25, 0.3) is 0 Å². The fraction of sp³-hybridized carbons (Fsp3) is 0.562. The Labute approximate surface area is 115 Å². The van der Waals surface area contributed by atoms with E-state index in [2.05, 4.69) is 19.2 Å². The number of unbranched alkanes of at least 4 members (excludes halogenated alkanes) is 1. The van der Waals surface area contributed by atoms with Gasteiger partial charge in [-0.3, -0.25) is 4.79 Å². The minimum atomic E-state index is -0.0124. The molecule has 0 spiro atoms. The lowest BCUT2D eigenvalue weighted by atomic mass is 9.82. The lowest BCUT2D eigenvalue weighted by Crippen LogP contribution is -2.20. The Morgan fingerprint density at radius 3 is 2.79 bits per heavy atom. The number of nitrogens with one attached hydrogen (secondary N) is 1. The van der Waals surface area contributed by atoms with Crippen LogP contribution >= 0.6 is 0 Å². The van der Waals surface area contributed by atoms with Crippen molar-refractivity contribution < 1.29 is 9.53 Å². The number of carbonyl (C=O) groups excluding carboxylic acids is 1. The molecule has 104 valence electrons. The molecular weight excluding hydrogens is 238 g/mol. The molecule has 1 N–H and O–H groups in total. The molecule has 0 saturated carbocycles. The zero-order chi connectivity index (χ0) is 13.8. The third-order valence-electron chi connectivity index (χ3n) is 4.06. The number of hydrogen-bond donors (Lipinski definition) is 1. The van der Waals surface area contributed by atoms with Crippen molar-refractivity contribution in [3.8, 4) is 5.75 Å². The van der Waals surface area contributed by atoms with E-state index in [9.17, 15) is 4.79 Å². The number of ether oxygens (including phenoxy) is 1. The lowest BCUT2D eigenvalue weighted by Gasteiger charge is -2.21. The van der Waals surface area contributed by atoms with Crippen LogP contribution in [-0.2, 0) is 4.79 Å². The van der Waals surface area contributed by atoms with Gasteiger partial charge in [-0.05, 0) is 36.1 Å². The average molecular weight is 261 g/mol. The van der Waals surface area contributed by atoms with Gasteiger partial charge in [0.1, 0.15) is 5.75 Å². The molecule has 19 heavy (non-hydrogen) atoms. The smallest absolute Gasteiger partial charge is 0.232 e. The van der Waals surface area contributed by atoms with Crippen LogP contribution in [0.15, 0.2) is 18.2 Å². The van der Waals surface area contributed by atoms with Crippen LogP contribution in [0.5, 0.6) is 5.75 Å². The standard InChI is InChI=1S/C16H23NO2/c1-4-6-7-11(5-2)15-13-10-12(19-3)8-9-14(13)17-16(15)18/h8-11,15H,4-7H2,1-3H3,(H,17,18). The third kappa shape index (κ3) is 2.75. The van der Waals surface area contributed by atoms with E-state index in [1.54, 1.807) is 7.11 Å². The molecule has 1 aliphatic heterocycles. The molecule has 1 heterocycles. The Morgan fingerprint density at radius 2 is 2.16 bits per heavy atom. The number of amides is 1. The van der Waals surface area contributed by atoms with E-state index in [4.69, 9.17) is 4.74 Å². The van der Waals surface area contributed by atoms with Crippen molar-refractivity contribution >= 4 is 11.6 Å². The molecule has 1 aliphatic rings. The van der Waals surface area contributed by atoms with E-state index in [0.29, 0.717) is 5.92 Å². The summed E-state index contributed by atoms with van der Waals surface area (Å²) in [5.74, 6) is 1.38. The molecule has 0 bridgehead atoms. The van der Waals surface area contributed by atoms with Gasteiger partial charge in [-0.15, -0.1) is 0 Å². The molecule has 2 rings (SSSR count). The number of fused-ring (bicyclic) bond motifs is 1. The molecule has 0 saturated heterocycles. The SMILES string of the molecule is CCCCC(CC)C1C(=O)Nc2ccc(OC)cc21. The summed E-state index contributed by atoms with van der Waals surface area (Å²) in [7, 11) is 1.66. The average Bonchev–Trinajstić information content (AvgIpc) is 2.75. The number of anilines is 1. The first-order valence-corrected chi connectivity index (χ1v) is 7.20. The second kappa shape index (κ2) is 6.09. The predicted molar refractivity (Wildman–Crippen MR) is 77.7 cm³/mol. The van der Waals surface area contributed by atoms with Gasteiger partial charge in [-0.25, -0.2) is 0 Å². The van der Waals surface area contributed by atoms with Gasteiger partial charge in [0, 0.05) is 5.69 Å². The largest absolute Gasteiger partial charge is 0.497 e. The Hall–Kier alpha value is -1.51. The molecule has 0 aliphatic carbocycles. The number of carbonyl (C=O) groups is 1. The van der Waals surface area contributed by atoms with Crippen molar-refractivity contribution in [1.29, 1.82) is 0 Å². The van der Waals surface area contributed by atoms with E-state index in [0.717, 1.165) is 29.8 Å². The van der Waals surface area contributed by atoms with Crippen LogP contribution in [0.25, 0.3) is 0 Å². The van der Waals surface area contributed by atoms with Gasteiger partial charge in [-0.2, -0.15) is 0 Å². The first-order chi connectivity index (χ1) is 9.21. The molecule has 3 nitrogen and oxygen atoms in total. The van der Waals surface area contributed by atoms with Gasteiger partial charge >= 0.3 is 0 Å². The monoisotopic (exact) mass is 261 g/mol. The van der Waals surface area contributed by atoms with Crippen molar-refractivity contribution in [2.24, 2.45) is 5.92 Å². The molecule has 2 atom stereocenters. The quantitative estimate of drug-likeness (QED) is 0.842. The van der Waals surface area contributed by atoms with Gasteiger partial charge in [0.05, 0.1) is 13.0 Å². The van der Waals surface area contributed by atoms with E-state index in [1.807, 2.05) is 18.2 Å². The highest BCUT2D eigenvalue weighted by Crippen LogP contribution is 2.42. The Kier molecular flexibility index (Phi) is 4.46. The Bertz CT molecular complexity index is 456. The summed E-state index contributed by atoms with van der Waals surface area (Å²) in [6.45, 7) is 4.37. The Balaban J connectivity index is 2.28. The fourth-order valence-corrected chi connectivity index (χ4v) is 2.93. The van der Waals surface area contributed by atoms with Gasteiger partial charge in [0.15, 0.2) is 0 Å². The summed E-state index contributed by atoms with van der Waals surface area (Å²) < 4.78 is 5.28. The topological polar surface area (TPSA) is 38.3 Å². The van der Waals surface area contributed by atoms with Crippen molar-refractivity contribution in [2.75, 3.05) is 12.4 Å². The lowest BCUT2D eigenvalue weighted by molar-refractivity contribution is -0.118. The van der Waals surface area contributed by atoms with E-state index < -0.39 is 0 Å². The van der Waals surface area contributed by atoms with Crippen LogP contribution in [0.4, 0.5) is 5.69 Å². The number of benzene rings is 1. The normalized spacial score (nSPS) is 18.9. The number of methoxy groups -OCH3 is 1. The van der Waals surface area contributed by atoms with Crippen LogP contribution in [0.3, 0.4) is 0 Å². The molecule has 0 fully saturated rings. The van der Waals surface area contributed by atoms with Crippen LogP contribution in [-0.4, -0.2) is 13.0 Å². The first kappa shape index (κ1) is 13.9. The van der Waals surface area contributed by atoms with Gasteiger partial charge in [-0.1, -0.05) is 33.1 Å². The number of hydrogen-bond acceptors (Lipinski definition) is 2. The zero-order valence-electron chi connectivity index (χ0n) is 12.0. The molecular formula is C16H23NO2. The maximum atomic E-state index is 12.2. The highest BCUT2D eigenvalue weighted by Gasteiger charge is 2.35. The zero-order valence-corrected chi connectivity index (χ0v) is 12.0. The van der Waals surface area contributed by atoms with Crippen LogP contribution in [0.1, 0.15) is 51.0 Å². The maximum Gasteiger partial charge on any atom is 0.232 e. The summed E-state index contributed by atoms with van der Waals surface area (Å²) in [4.78, 5) is 12.2. The third-order valence-corrected chi connectivity index (χ3v) is 4.06. The van der Waals surface area contributed by atoms with Crippen LogP contribution < -0.4 is 10.1 Å². The number of rotatable bonds is 6. The molecule has 3 heteroatoms. The summed E-state index contributed by atoms with van der Waals surface area (Å²) in [6, 6.07) is 5.85. The first-order valence-electron chi connectivity index (χ1n) is 7.20. The highest BCUT2D eigenvalue weighted by atomic mass is 16.5. The van der Waals surface area contributed by atoms with E-state index in [1.165, 1.54) is 12.8 Å². The van der Waals surface area contributed by atoms with Gasteiger partial charge < -0.3 is 10.1 Å². The fourth-order valence-electron chi connectivity index (χ4n) is 2.93. The minimum absolute atomic E-state index is 0.0124. The summed E-state index contributed by atoms with van der Waals surface area (Å²) in [5, 5.41) is 3.00. The van der Waals surface area contributed by atoms with Crippen molar-refractivity contribution in [1.82, 2.24) is 0 Å². The molecule has 1 aromatic carbocycles. The van der Waals surface area contributed by atoms with Gasteiger partial charge in [0.2, 0.25) is 5.91 Å². The maximum absolute atomic E-state index is 12.2. The second-order valence-electron chi connectivity index (χ2n) is 5.23. The highest BCUT2D eigenvalue weighted by molar-refractivity contribution is 6.03. The molecule has 1 aromatic rings. The van der Waals surface area contributed by atoms with Crippen molar-refractivity contribution in [2.45, 2.75) is 45.4 Å². The second-order valence-corrected chi connectivity index (χ2v) is 5.23. The predicted octanol–water partition coefficient (Wildman–Crippen LogP) is 3.95. The van der Waals surface area contributed by atoms with Crippen LogP contribution in [0, 0.1) is 5.92 Å². The summed E-state index contributed by atoms with van der Waals surface area (Å²) in [5.41, 5.74) is 2.05. The van der Waals surface area contributed by atoms with E-state index in [-0.39, 0.29) is 11.8 Å².